The monoisotopic (exact) mass is 365 g/mol. The summed E-state index contributed by atoms with van der Waals surface area (Å²) in [4.78, 5) is 26.3. The average Bonchev–Trinajstić information content (AvgIpc) is 3.08. The molecule has 2 amide bonds. The minimum Gasteiger partial charge on any atom is -0.354 e. The molecule has 1 aromatic carbocycles. The van der Waals surface area contributed by atoms with Gasteiger partial charge in [0.25, 0.3) is 5.91 Å². The van der Waals surface area contributed by atoms with E-state index >= 15 is 0 Å². The summed E-state index contributed by atoms with van der Waals surface area (Å²) in [5, 5.41) is 6.49. The van der Waals surface area contributed by atoms with Gasteiger partial charge in [-0.25, -0.2) is 0 Å². The lowest BCUT2D eigenvalue weighted by Crippen LogP contribution is -2.50. The summed E-state index contributed by atoms with van der Waals surface area (Å²) >= 11 is 5.80. The first-order valence-electron chi connectivity index (χ1n) is 8.91. The lowest BCUT2D eigenvalue weighted by molar-refractivity contribution is -0.121. The molecule has 0 spiro atoms. The molecular weight excluding hydrogens is 338 g/mol. The molecule has 0 aromatic heterocycles. The van der Waals surface area contributed by atoms with Crippen LogP contribution in [0.15, 0.2) is 24.3 Å². The number of benzene rings is 1. The van der Waals surface area contributed by atoms with Crippen molar-refractivity contribution in [3.63, 3.8) is 0 Å². The third-order valence-corrected chi connectivity index (χ3v) is 5.32. The Balaban J connectivity index is 1.65. The molecule has 1 saturated carbocycles. The van der Waals surface area contributed by atoms with E-state index in [0.717, 1.165) is 12.8 Å². The number of carbonyl (C=O) groups excluding carboxylic acids is 2. The molecule has 25 heavy (non-hydrogen) atoms. The minimum atomic E-state index is -0.144. The Hall–Kier alpha value is -1.59. The largest absolute Gasteiger partial charge is 0.354 e. The van der Waals surface area contributed by atoms with Crippen LogP contribution in [0.4, 0.5) is 0 Å². The van der Waals surface area contributed by atoms with Gasteiger partial charge in [-0.15, -0.1) is 0 Å². The number of halogens is 1. The van der Waals surface area contributed by atoms with Crippen molar-refractivity contribution in [1.29, 1.82) is 0 Å². The molecule has 0 radical (unpaired) electrons. The number of nitrogens with zero attached hydrogens (tertiary/aromatic N) is 1. The summed E-state index contributed by atoms with van der Waals surface area (Å²) in [6.07, 6.45) is 5.77. The number of carbonyl (C=O) groups is 2. The van der Waals surface area contributed by atoms with Crippen LogP contribution in [0.2, 0.25) is 5.02 Å². The van der Waals surface area contributed by atoms with Gasteiger partial charge in [-0.3, -0.25) is 9.59 Å². The van der Waals surface area contributed by atoms with Crippen LogP contribution in [0, 0.1) is 0 Å². The molecule has 1 aliphatic carbocycles. The lowest BCUT2D eigenvalue weighted by atomic mass is 9.96. The molecule has 0 bridgehead atoms. The van der Waals surface area contributed by atoms with Crippen molar-refractivity contribution in [2.75, 3.05) is 27.2 Å². The van der Waals surface area contributed by atoms with Gasteiger partial charge in [0.05, 0.1) is 0 Å². The van der Waals surface area contributed by atoms with E-state index in [4.69, 9.17) is 11.6 Å². The van der Waals surface area contributed by atoms with Gasteiger partial charge in [-0.05, 0) is 57.6 Å². The van der Waals surface area contributed by atoms with E-state index in [0.29, 0.717) is 36.5 Å². The van der Waals surface area contributed by atoms with E-state index in [1.807, 2.05) is 0 Å². The molecule has 6 heteroatoms. The molecule has 0 unspecified atom stereocenters. The molecule has 1 aliphatic rings. The number of nitrogens with one attached hydrogen (secondary N) is 2. The van der Waals surface area contributed by atoms with Crippen LogP contribution in [-0.2, 0) is 4.79 Å². The summed E-state index contributed by atoms with van der Waals surface area (Å²) in [5.41, 5.74) is 0.682. The zero-order chi connectivity index (χ0) is 18.3. The van der Waals surface area contributed by atoms with Crippen molar-refractivity contribution >= 4 is 23.4 Å². The first-order valence-corrected chi connectivity index (χ1v) is 9.29. The number of amides is 2. The van der Waals surface area contributed by atoms with Crippen molar-refractivity contribution in [3.8, 4) is 0 Å². The molecule has 1 fully saturated rings. The Kier molecular flexibility index (Phi) is 7.26. The summed E-state index contributed by atoms with van der Waals surface area (Å²) in [6, 6.07) is 6.75. The Labute approximate surface area is 155 Å². The van der Waals surface area contributed by atoms with Crippen LogP contribution in [-0.4, -0.2) is 49.4 Å². The first-order chi connectivity index (χ1) is 11.9. The average molecular weight is 366 g/mol. The standard InChI is InChI=1S/C19H28ClN3O2/c1-23(2)19(11-3-4-12-19)14-22-17(24)6-5-13-21-18(25)15-7-9-16(20)10-8-15/h7-10H,3-6,11-14H2,1-2H3,(H,21,25)(H,22,24). The van der Waals surface area contributed by atoms with Crippen molar-refractivity contribution in [2.24, 2.45) is 0 Å². The first kappa shape index (κ1) is 19.7. The number of hydrogen-bond donors (Lipinski definition) is 2. The van der Waals surface area contributed by atoms with Gasteiger partial charge in [-0.2, -0.15) is 0 Å². The quantitative estimate of drug-likeness (QED) is 0.696. The third kappa shape index (κ3) is 5.72. The van der Waals surface area contributed by atoms with Gasteiger partial charge >= 0.3 is 0 Å². The van der Waals surface area contributed by atoms with E-state index in [2.05, 4.69) is 29.6 Å². The van der Waals surface area contributed by atoms with Gasteiger partial charge in [0.15, 0.2) is 0 Å². The Bertz CT molecular complexity index is 581. The summed E-state index contributed by atoms with van der Waals surface area (Å²) < 4.78 is 0. The zero-order valence-corrected chi connectivity index (χ0v) is 15.9. The molecule has 138 valence electrons. The van der Waals surface area contributed by atoms with Crippen molar-refractivity contribution < 1.29 is 9.59 Å². The fourth-order valence-corrected chi connectivity index (χ4v) is 3.45. The molecule has 0 aliphatic heterocycles. The second-order valence-electron chi connectivity index (χ2n) is 6.97. The minimum absolute atomic E-state index is 0.0499. The highest BCUT2D eigenvalue weighted by Gasteiger charge is 2.35. The van der Waals surface area contributed by atoms with Gasteiger partial charge in [0.2, 0.25) is 5.91 Å². The van der Waals surface area contributed by atoms with E-state index in [9.17, 15) is 9.59 Å². The fourth-order valence-electron chi connectivity index (χ4n) is 3.32. The van der Waals surface area contributed by atoms with E-state index < -0.39 is 0 Å². The Morgan fingerprint density at radius 2 is 1.76 bits per heavy atom. The zero-order valence-electron chi connectivity index (χ0n) is 15.1. The van der Waals surface area contributed by atoms with Crippen molar-refractivity contribution in [1.82, 2.24) is 15.5 Å². The highest BCUT2D eigenvalue weighted by atomic mass is 35.5. The molecule has 0 saturated heterocycles. The van der Waals surface area contributed by atoms with Crippen LogP contribution in [0.5, 0.6) is 0 Å². The predicted octanol–water partition coefficient (Wildman–Crippen LogP) is 2.84. The molecule has 2 rings (SSSR count). The molecule has 0 atom stereocenters. The van der Waals surface area contributed by atoms with Crippen molar-refractivity contribution in [3.05, 3.63) is 34.9 Å². The summed E-state index contributed by atoms with van der Waals surface area (Å²) in [6.45, 7) is 1.18. The highest BCUT2D eigenvalue weighted by molar-refractivity contribution is 6.30. The normalized spacial score (nSPS) is 16.0. The molecular formula is C19H28ClN3O2. The van der Waals surface area contributed by atoms with Crippen molar-refractivity contribution in [2.45, 2.75) is 44.1 Å². The maximum absolute atomic E-state index is 12.1. The van der Waals surface area contributed by atoms with Crippen LogP contribution in [0.3, 0.4) is 0 Å². The maximum Gasteiger partial charge on any atom is 0.251 e. The third-order valence-electron chi connectivity index (χ3n) is 5.07. The molecule has 2 N–H and O–H groups in total. The Morgan fingerprint density at radius 1 is 1.12 bits per heavy atom. The smallest absolute Gasteiger partial charge is 0.251 e. The van der Waals surface area contributed by atoms with Gasteiger partial charge in [-0.1, -0.05) is 24.4 Å². The van der Waals surface area contributed by atoms with Crippen LogP contribution < -0.4 is 10.6 Å². The Morgan fingerprint density at radius 3 is 2.36 bits per heavy atom. The van der Waals surface area contributed by atoms with E-state index in [1.165, 1.54) is 12.8 Å². The van der Waals surface area contributed by atoms with Gasteiger partial charge < -0.3 is 15.5 Å². The topological polar surface area (TPSA) is 61.4 Å². The van der Waals surface area contributed by atoms with E-state index in [-0.39, 0.29) is 17.4 Å². The second-order valence-corrected chi connectivity index (χ2v) is 7.41. The van der Waals surface area contributed by atoms with Gasteiger partial charge in [0, 0.05) is 35.6 Å². The number of rotatable bonds is 8. The van der Waals surface area contributed by atoms with Crippen LogP contribution >= 0.6 is 11.6 Å². The fraction of sp³-hybridized carbons (Fsp3) is 0.579. The van der Waals surface area contributed by atoms with Crippen LogP contribution in [0.25, 0.3) is 0 Å². The van der Waals surface area contributed by atoms with E-state index in [1.54, 1.807) is 24.3 Å². The van der Waals surface area contributed by atoms with Crippen LogP contribution in [0.1, 0.15) is 48.9 Å². The summed E-state index contributed by atoms with van der Waals surface area (Å²) in [7, 11) is 4.17. The molecule has 0 heterocycles. The van der Waals surface area contributed by atoms with Gasteiger partial charge in [0.1, 0.15) is 0 Å². The lowest BCUT2D eigenvalue weighted by Gasteiger charge is -2.36. The summed E-state index contributed by atoms with van der Waals surface area (Å²) in [5.74, 6) is -0.0940. The predicted molar refractivity (Wildman–Crippen MR) is 101 cm³/mol. The SMILES string of the molecule is CN(C)C1(CNC(=O)CCCNC(=O)c2ccc(Cl)cc2)CCCC1. The molecule has 1 aromatic rings. The molecule has 5 nitrogen and oxygen atoms in total. The second kappa shape index (κ2) is 9.20. The number of hydrogen-bond acceptors (Lipinski definition) is 3. The number of likely N-dealkylation sites (N-methyl/N-ethyl adjacent to an activating group) is 1. The highest BCUT2D eigenvalue weighted by Crippen LogP contribution is 2.33. The maximum atomic E-state index is 12.1.